The topological polar surface area (TPSA) is 166 Å². The molecule has 4 rings (SSSR count). The molecule has 1 aromatic heterocycles. The highest BCUT2D eigenvalue weighted by Crippen LogP contribution is 2.30. The minimum Gasteiger partial charge on any atom is -0.493 e. The number of carboxylic acid groups (broad SMARTS) is 1. The van der Waals surface area contributed by atoms with Crippen LogP contribution >= 0.6 is 12.4 Å². The normalized spacial score (nSPS) is 11.7. The lowest BCUT2D eigenvalue weighted by atomic mass is 10.1. The summed E-state index contributed by atoms with van der Waals surface area (Å²) in [5.41, 5.74) is 6.84. The van der Waals surface area contributed by atoms with Crippen LogP contribution < -0.4 is 30.8 Å². The highest BCUT2D eigenvalue weighted by atomic mass is 35.5. The van der Waals surface area contributed by atoms with Gasteiger partial charge in [-0.15, -0.1) is 12.4 Å². The van der Waals surface area contributed by atoms with Crippen molar-refractivity contribution in [2.45, 2.75) is 6.54 Å². The van der Waals surface area contributed by atoms with Crippen LogP contribution in [-0.2, 0) is 11.3 Å². The zero-order valence-corrected chi connectivity index (χ0v) is 17.9. The van der Waals surface area contributed by atoms with E-state index in [1.807, 2.05) is 18.2 Å². The van der Waals surface area contributed by atoms with Crippen LogP contribution in [0.15, 0.2) is 35.1 Å². The monoisotopic (exact) mass is 464 g/mol. The van der Waals surface area contributed by atoms with E-state index >= 15 is 0 Å². The number of ether oxygens (including phenoxy) is 3. The fraction of sp³-hybridized carbons (Fsp3) is 0.200. The van der Waals surface area contributed by atoms with E-state index in [0.717, 1.165) is 5.56 Å². The van der Waals surface area contributed by atoms with Crippen molar-refractivity contribution in [1.29, 1.82) is 0 Å². The van der Waals surface area contributed by atoms with Crippen LogP contribution in [0.5, 0.6) is 17.2 Å². The SMILES string of the molecule is COc1cc2nc(C(=O)O)[nH]c(=O)c2cc1OC.Cl.NCc1ccc2c(c1)NC(=O)CO2. The first-order valence-corrected chi connectivity index (χ1v) is 9.01. The van der Waals surface area contributed by atoms with E-state index in [0.29, 0.717) is 29.5 Å². The van der Waals surface area contributed by atoms with Gasteiger partial charge in [-0.05, 0) is 23.8 Å². The number of amides is 1. The Labute approximate surface area is 187 Å². The van der Waals surface area contributed by atoms with Crippen LogP contribution in [0.3, 0.4) is 0 Å². The zero-order valence-electron chi connectivity index (χ0n) is 17.1. The summed E-state index contributed by atoms with van der Waals surface area (Å²) in [6.45, 7) is 0.554. The highest BCUT2D eigenvalue weighted by molar-refractivity contribution is 5.95. The second-order valence-corrected chi connectivity index (χ2v) is 6.32. The van der Waals surface area contributed by atoms with Crippen LogP contribution in [-0.4, -0.2) is 47.8 Å². The molecule has 0 fully saturated rings. The van der Waals surface area contributed by atoms with Gasteiger partial charge in [-0.3, -0.25) is 9.59 Å². The number of hydrogen-bond acceptors (Lipinski definition) is 8. The number of methoxy groups -OCH3 is 2. The van der Waals surface area contributed by atoms with Gasteiger partial charge in [-0.2, -0.15) is 0 Å². The molecule has 0 aliphatic carbocycles. The van der Waals surface area contributed by atoms with Crippen molar-refractivity contribution in [2.24, 2.45) is 5.73 Å². The van der Waals surface area contributed by atoms with Gasteiger partial charge in [0.1, 0.15) is 5.75 Å². The summed E-state index contributed by atoms with van der Waals surface area (Å²) in [6, 6.07) is 8.43. The first-order chi connectivity index (χ1) is 14.9. The fourth-order valence-corrected chi connectivity index (χ4v) is 2.82. The average Bonchev–Trinajstić information content (AvgIpc) is 2.77. The zero-order chi connectivity index (χ0) is 22.5. The molecule has 0 atom stereocenters. The largest absolute Gasteiger partial charge is 0.493 e. The Balaban J connectivity index is 0.000000230. The first-order valence-electron chi connectivity index (χ1n) is 9.01. The van der Waals surface area contributed by atoms with Gasteiger partial charge >= 0.3 is 5.97 Å². The molecule has 32 heavy (non-hydrogen) atoms. The molecule has 170 valence electrons. The predicted octanol–water partition coefficient (Wildman–Crippen LogP) is 1.54. The van der Waals surface area contributed by atoms with E-state index in [4.69, 9.17) is 25.1 Å². The second kappa shape index (κ2) is 10.5. The fourth-order valence-electron chi connectivity index (χ4n) is 2.82. The number of carbonyl (C=O) groups is 2. The summed E-state index contributed by atoms with van der Waals surface area (Å²) < 4.78 is 15.3. The molecule has 0 spiro atoms. The molecule has 2 aromatic carbocycles. The van der Waals surface area contributed by atoms with E-state index in [1.165, 1.54) is 26.4 Å². The molecule has 5 N–H and O–H groups in total. The van der Waals surface area contributed by atoms with E-state index in [2.05, 4.69) is 15.3 Å². The van der Waals surface area contributed by atoms with Crippen LogP contribution in [0.4, 0.5) is 5.69 Å². The number of aromatic carboxylic acids is 1. The van der Waals surface area contributed by atoms with Gasteiger partial charge in [0.2, 0.25) is 5.82 Å². The molecule has 11 nitrogen and oxygen atoms in total. The number of anilines is 1. The van der Waals surface area contributed by atoms with Crippen molar-refractivity contribution < 1.29 is 28.9 Å². The molecule has 0 radical (unpaired) electrons. The maximum atomic E-state index is 11.7. The van der Waals surface area contributed by atoms with Crippen LogP contribution in [0.2, 0.25) is 0 Å². The van der Waals surface area contributed by atoms with E-state index in [9.17, 15) is 14.4 Å². The van der Waals surface area contributed by atoms with Gasteiger partial charge in [0.05, 0.1) is 30.8 Å². The molecule has 12 heteroatoms. The molecule has 1 amide bonds. The molecular weight excluding hydrogens is 444 g/mol. The summed E-state index contributed by atoms with van der Waals surface area (Å²) in [4.78, 5) is 39.5. The molecule has 0 unspecified atom stereocenters. The standard InChI is InChI=1S/C11H10N2O5.C9H10N2O2.ClH/c1-17-7-3-5-6(4-8(7)18-2)12-9(11(15)16)13-10(5)14;10-4-6-1-2-8-7(3-6)11-9(12)5-13-8;/h3-4H,1-2H3,(H,15,16)(H,12,13,14);1-3H,4-5,10H2,(H,11,12);1H. The molecule has 3 aromatic rings. The Morgan fingerprint density at radius 2 is 1.88 bits per heavy atom. The van der Waals surface area contributed by atoms with Crippen LogP contribution in [0, 0.1) is 0 Å². The van der Waals surface area contributed by atoms with Crippen molar-refractivity contribution >= 4 is 40.9 Å². The summed E-state index contributed by atoms with van der Waals surface area (Å²) >= 11 is 0. The van der Waals surface area contributed by atoms with Crippen molar-refractivity contribution in [1.82, 2.24) is 9.97 Å². The third kappa shape index (κ3) is 5.25. The number of aromatic nitrogens is 2. The van der Waals surface area contributed by atoms with Crippen molar-refractivity contribution in [3.05, 3.63) is 52.1 Å². The van der Waals surface area contributed by atoms with Crippen LogP contribution in [0.25, 0.3) is 10.9 Å². The van der Waals surface area contributed by atoms with Gasteiger partial charge in [-0.25, -0.2) is 9.78 Å². The lowest BCUT2D eigenvalue weighted by Gasteiger charge is -2.18. The summed E-state index contributed by atoms with van der Waals surface area (Å²) in [5.74, 6) is -0.387. The number of hydrogen-bond donors (Lipinski definition) is 4. The Bertz CT molecular complexity index is 1210. The van der Waals surface area contributed by atoms with Gasteiger partial charge in [0.15, 0.2) is 18.1 Å². The maximum absolute atomic E-state index is 11.7. The lowest BCUT2D eigenvalue weighted by molar-refractivity contribution is -0.118. The Morgan fingerprint density at radius 1 is 1.19 bits per heavy atom. The number of nitrogens with zero attached hydrogens (tertiary/aromatic N) is 1. The van der Waals surface area contributed by atoms with E-state index in [1.54, 1.807) is 0 Å². The highest BCUT2D eigenvalue weighted by Gasteiger charge is 2.15. The summed E-state index contributed by atoms with van der Waals surface area (Å²) in [6.07, 6.45) is 0. The minimum atomic E-state index is -1.30. The molecule has 0 saturated heterocycles. The molecule has 1 aliphatic rings. The number of fused-ring (bicyclic) bond motifs is 2. The Kier molecular flexibility index (Phi) is 7.99. The minimum absolute atomic E-state index is 0. The predicted molar refractivity (Wildman–Crippen MR) is 118 cm³/mol. The van der Waals surface area contributed by atoms with E-state index in [-0.39, 0.29) is 35.8 Å². The number of nitrogens with two attached hydrogens (primary N) is 1. The average molecular weight is 465 g/mol. The van der Waals surface area contributed by atoms with Gasteiger partial charge in [0, 0.05) is 12.6 Å². The number of rotatable bonds is 4. The van der Waals surface area contributed by atoms with Gasteiger partial charge in [0.25, 0.3) is 11.5 Å². The third-order valence-electron chi connectivity index (χ3n) is 4.33. The molecule has 0 bridgehead atoms. The van der Waals surface area contributed by atoms with Crippen LogP contribution in [0.1, 0.15) is 16.2 Å². The number of halogens is 1. The molecule has 2 heterocycles. The summed E-state index contributed by atoms with van der Waals surface area (Å²) in [5, 5.41) is 11.8. The van der Waals surface area contributed by atoms with Crippen molar-refractivity contribution in [2.75, 3.05) is 26.1 Å². The number of carbonyl (C=O) groups excluding carboxylic acids is 1. The Hall–Kier alpha value is -3.83. The third-order valence-corrected chi connectivity index (χ3v) is 4.33. The molecule has 1 aliphatic heterocycles. The van der Waals surface area contributed by atoms with Crippen molar-refractivity contribution in [3.63, 3.8) is 0 Å². The van der Waals surface area contributed by atoms with Crippen molar-refractivity contribution in [3.8, 4) is 17.2 Å². The smallest absolute Gasteiger partial charge is 0.372 e. The molecular formula is C20H21ClN4O7. The van der Waals surface area contributed by atoms with Gasteiger partial charge in [-0.1, -0.05) is 6.07 Å². The number of aromatic amines is 1. The summed E-state index contributed by atoms with van der Waals surface area (Å²) in [7, 11) is 2.88. The lowest BCUT2D eigenvalue weighted by Crippen LogP contribution is -2.25. The maximum Gasteiger partial charge on any atom is 0.372 e. The molecule has 0 saturated carbocycles. The quantitative estimate of drug-likeness (QED) is 0.447. The number of H-pyrrole nitrogens is 1. The van der Waals surface area contributed by atoms with Gasteiger partial charge < -0.3 is 35.4 Å². The van der Waals surface area contributed by atoms with E-state index < -0.39 is 17.4 Å². The number of nitrogens with one attached hydrogen (secondary N) is 2. The second-order valence-electron chi connectivity index (χ2n) is 6.32. The Morgan fingerprint density at radius 3 is 2.50 bits per heavy atom. The number of carboxylic acids is 1. The first kappa shape index (κ1) is 24.4. The number of benzene rings is 2.